The summed E-state index contributed by atoms with van der Waals surface area (Å²) in [6, 6.07) is 0. The van der Waals surface area contributed by atoms with E-state index >= 15 is 0 Å². The first-order chi connectivity index (χ1) is 8.46. The van der Waals surface area contributed by atoms with Crippen molar-refractivity contribution in [3.8, 4) is 0 Å². The van der Waals surface area contributed by atoms with Gasteiger partial charge in [-0.05, 0) is 26.8 Å². The van der Waals surface area contributed by atoms with Crippen molar-refractivity contribution in [3.63, 3.8) is 0 Å². The minimum atomic E-state index is -0.758. The van der Waals surface area contributed by atoms with Crippen LogP contribution in [0.25, 0.3) is 0 Å². The van der Waals surface area contributed by atoms with Gasteiger partial charge in [0.15, 0.2) is 5.79 Å². The van der Waals surface area contributed by atoms with Crippen LogP contribution in [0.1, 0.15) is 27.2 Å². The van der Waals surface area contributed by atoms with Gasteiger partial charge in [-0.25, -0.2) is 4.79 Å². The molecule has 18 heavy (non-hydrogen) atoms. The maximum Gasteiger partial charge on any atom is 0.336 e. The van der Waals surface area contributed by atoms with E-state index in [1.807, 2.05) is 0 Å². The van der Waals surface area contributed by atoms with Gasteiger partial charge in [-0.15, -0.1) is 0 Å². The summed E-state index contributed by atoms with van der Waals surface area (Å²) in [5, 5.41) is 12.0. The fourth-order valence-electron chi connectivity index (χ4n) is 2.23. The van der Waals surface area contributed by atoms with Gasteiger partial charge in [-0.2, -0.15) is 0 Å². The van der Waals surface area contributed by atoms with E-state index in [-0.39, 0.29) is 12.7 Å². The molecule has 2 atom stereocenters. The van der Waals surface area contributed by atoms with Crippen LogP contribution in [-0.2, 0) is 19.0 Å². The van der Waals surface area contributed by atoms with Crippen molar-refractivity contribution in [2.75, 3.05) is 6.61 Å². The van der Waals surface area contributed by atoms with Crippen molar-refractivity contribution >= 4 is 11.7 Å². The number of hydrogen-bond donors (Lipinski definition) is 1. The fraction of sp³-hybridized carbons (Fsp3) is 0.667. The SMILES string of the molecule is CCOC(=O)C1=C/C(=N\O)CC2OC(C)(C)OC12. The van der Waals surface area contributed by atoms with Gasteiger partial charge in [0.25, 0.3) is 0 Å². The first-order valence-corrected chi connectivity index (χ1v) is 5.92. The number of nitrogens with zero attached hydrogens (tertiary/aromatic N) is 1. The molecule has 0 bridgehead atoms. The van der Waals surface area contributed by atoms with Crippen molar-refractivity contribution in [3.05, 3.63) is 11.6 Å². The van der Waals surface area contributed by atoms with E-state index in [2.05, 4.69) is 5.16 Å². The van der Waals surface area contributed by atoms with Gasteiger partial charge in [0, 0.05) is 6.42 Å². The zero-order chi connectivity index (χ0) is 13.3. The molecule has 2 rings (SSSR count). The van der Waals surface area contributed by atoms with Crippen molar-refractivity contribution in [2.45, 2.75) is 45.2 Å². The molecule has 0 radical (unpaired) electrons. The molecule has 1 N–H and O–H groups in total. The molecule has 0 spiro atoms. The van der Waals surface area contributed by atoms with Gasteiger partial charge < -0.3 is 19.4 Å². The van der Waals surface area contributed by atoms with E-state index in [4.69, 9.17) is 19.4 Å². The normalized spacial score (nSPS) is 31.9. The number of allylic oxidation sites excluding steroid dienone is 1. The predicted molar refractivity (Wildman–Crippen MR) is 62.4 cm³/mol. The molecule has 0 saturated carbocycles. The summed E-state index contributed by atoms with van der Waals surface area (Å²) in [4.78, 5) is 11.9. The van der Waals surface area contributed by atoms with Crippen LogP contribution in [0.15, 0.2) is 16.8 Å². The van der Waals surface area contributed by atoms with E-state index in [9.17, 15) is 4.79 Å². The summed E-state index contributed by atoms with van der Waals surface area (Å²) in [5.74, 6) is -1.22. The van der Waals surface area contributed by atoms with Crippen LogP contribution in [0, 0.1) is 0 Å². The van der Waals surface area contributed by atoms with Gasteiger partial charge >= 0.3 is 5.97 Å². The average Bonchev–Trinajstić information content (AvgIpc) is 2.61. The van der Waals surface area contributed by atoms with Gasteiger partial charge in [-0.3, -0.25) is 0 Å². The third-order valence-corrected chi connectivity index (χ3v) is 2.86. The van der Waals surface area contributed by atoms with Crippen LogP contribution >= 0.6 is 0 Å². The molecule has 0 aromatic heterocycles. The molecule has 1 saturated heterocycles. The molecule has 100 valence electrons. The number of rotatable bonds is 2. The third-order valence-electron chi connectivity index (χ3n) is 2.86. The lowest BCUT2D eigenvalue weighted by molar-refractivity contribution is -0.147. The molecule has 6 heteroatoms. The second kappa shape index (κ2) is 4.70. The molecule has 0 amide bonds. The molecular weight excluding hydrogens is 238 g/mol. The Morgan fingerprint density at radius 2 is 2.33 bits per heavy atom. The molecule has 2 unspecified atom stereocenters. The molecular formula is C12H17NO5. The minimum absolute atomic E-state index is 0.281. The van der Waals surface area contributed by atoms with E-state index in [1.54, 1.807) is 20.8 Å². The Morgan fingerprint density at radius 3 is 2.94 bits per heavy atom. The maximum atomic E-state index is 11.9. The monoisotopic (exact) mass is 255 g/mol. The van der Waals surface area contributed by atoms with E-state index in [0.717, 1.165) is 0 Å². The Hall–Kier alpha value is -1.40. The van der Waals surface area contributed by atoms with Gasteiger partial charge in [0.05, 0.1) is 24.0 Å². The van der Waals surface area contributed by atoms with E-state index in [1.165, 1.54) is 6.08 Å². The van der Waals surface area contributed by atoms with Crippen LogP contribution in [0.3, 0.4) is 0 Å². The van der Waals surface area contributed by atoms with E-state index < -0.39 is 17.9 Å². The van der Waals surface area contributed by atoms with Gasteiger partial charge in [0.1, 0.15) is 6.10 Å². The number of esters is 1. The molecule has 0 aromatic carbocycles. The second-order valence-electron chi connectivity index (χ2n) is 4.71. The van der Waals surface area contributed by atoms with Gasteiger partial charge in [0.2, 0.25) is 0 Å². The topological polar surface area (TPSA) is 77.4 Å². The molecule has 0 aromatic rings. The first-order valence-electron chi connectivity index (χ1n) is 5.92. The zero-order valence-electron chi connectivity index (χ0n) is 10.7. The average molecular weight is 255 g/mol. The standard InChI is InChI=1S/C12H17NO5/c1-4-16-11(14)8-5-7(13-15)6-9-10(8)18-12(2,3)17-9/h5,9-10,15H,4,6H2,1-3H3/b13-7+. The number of hydrogen-bond acceptors (Lipinski definition) is 6. The lowest BCUT2D eigenvalue weighted by Gasteiger charge is -2.23. The second-order valence-corrected chi connectivity index (χ2v) is 4.71. The Labute approximate surface area is 105 Å². The molecule has 1 heterocycles. The van der Waals surface area contributed by atoms with Gasteiger partial charge in [-0.1, -0.05) is 5.16 Å². The molecule has 2 aliphatic rings. The number of ether oxygens (including phenoxy) is 3. The summed E-state index contributed by atoms with van der Waals surface area (Å²) in [6.07, 6.45) is 1.12. The molecule has 1 aliphatic carbocycles. The van der Waals surface area contributed by atoms with E-state index in [0.29, 0.717) is 17.7 Å². The van der Waals surface area contributed by atoms with Crippen LogP contribution in [0.2, 0.25) is 0 Å². The lowest BCUT2D eigenvalue weighted by atomic mass is 9.92. The Kier molecular flexibility index (Phi) is 3.41. The van der Waals surface area contributed by atoms with Crippen molar-refractivity contribution in [2.24, 2.45) is 5.16 Å². The molecule has 6 nitrogen and oxygen atoms in total. The largest absolute Gasteiger partial charge is 0.463 e. The number of fused-ring (bicyclic) bond motifs is 1. The third kappa shape index (κ3) is 2.39. The highest BCUT2D eigenvalue weighted by molar-refractivity contribution is 6.04. The Bertz CT molecular complexity index is 413. The zero-order valence-corrected chi connectivity index (χ0v) is 10.7. The Morgan fingerprint density at radius 1 is 1.61 bits per heavy atom. The summed E-state index contributed by atoms with van der Waals surface area (Å²) in [5.41, 5.74) is 0.729. The molecule has 1 fully saturated rings. The predicted octanol–water partition coefficient (Wildman–Crippen LogP) is 1.23. The number of oxime groups is 1. The van der Waals surface area contributed by atoms with Crippen molar-refractivity contribution in [1.82, 2.24) is 0 Å². The summed E-state index contributed by atoms with van der Waals surface area (Å²) in [7, 11) is 0. The van der Waals surface area contributed by atoms with Crippen molar-refractivity contribution in [1.29, 1.82) is 0 Å². The summed E-state index contributed by atoms with van der Waals surface area (Å²) in [6.45, 7) is 5.58. The highest BCUT2D eigenvalue weighted by Crippen LogP contribution is 2.36. The highest BCUT2D eigenvalue weighted by Gasteiger charge is 2.47. The summed E-state index contributed by atoms with van der Waals surface area (Å²) < 4.78 is 16.3. The Balaban J connectivity index is 2.29. The quantitative estimate of drug-likeness (QED) is 0.456. The fourth-order valence-corrected chi connectivity index (χ4v) is 2.23. The molecule has 1 aliphatic heterocycles. The smallest absolute Gasteiger partial charge is 0.336 e. The van der Waals surface area contributed by atoms with Crippen molar-refractivity contribution < 1.29 is 24.2 Å². The van der Waals surface area contributed by atoms with Crippen LogP contribution in [0.4, 0.5) is 0 Å². The van der Waals surface area contributed by atoms with Crippen LogP contribution in [0.5, 0.6) is 0 Å². The minimum Gasteiger partial charge on any atom is -0.463 e. The number of carbonyl (C=O) groups is 1. The first kappa shape index (κ1) is 13.0. The number of carbonyl (C=O) groups excluding carboxylic acids is 1. The lowest BCUT2D eigenvalue weighted by Crippen LogP contribution is -2.35. The van der Waals surface area contributed by atoms with Crippen LogP contribution in [-0.4, -0.2) is 41.5 Å². The highest BCUT2D eigenvalue weighted by atomic mass is 16.8. The summed E-state index contributed by atoms with van der Waals surface area (Å²) >= 11 is 0. The maximum absolute atomic E-state index is 11.9. The van der Waals surface area contributed by atoms with Crippen LogP contribution < -0.4 is 0 Å².